The van der Waals surface area contributed by atoms with E-state index in [9.17, 15) is 15.0 Å². The maximum Gasteiger partial charge on any atom is 0.220 e. The van der Waals surface area contributed by atoms with E-state index in [1.807, 2.05) is 6.08 Å². The topological polar surface area (TPSA) is 69.6 Å². The van der Waals surface area contributed by atoms with Crippen LogP contribution in [0.5, 0.6) is 0 Å². The fourth-order valence-electron chi connectivity index (χ4n) is 10.3. The van der Waals surface area contributed by atoms with Crippen LogP contribution >= 0.6 is 0 Å². The molecule has 0 radical (unpaired) electrons. The molecule has 0 saturated heterocycles. The van der Waals surface area contributed by atoms with Gasteiger partial charge in [0.1, 0.15) is 0 Å². The zero-order valence-electron chi connectivity index (χ0n) is 49.0. The Kier molecular flexibility index (Phi) is 62.2. The van der Waals surface area contributed by atoms with Crippen molar-refractivity contribution >= 4 is 5.91 Å². The highest BCUT2D eigenvalue weighted by molar-refractivity contribution is 5.76. The first-order valence-electron chi connectivity index (χ1n) is 32.9. The van der Waals surface area contributed by atoms with Gasteiger partial charge in [-0.3, -0.25) is 4.79 Å². The molecular formula is C68H129NO3. The third kappa shape index (κ3) is 59.2. The highest BCUT2D eigenvalue weighted by atomic mass is 16.3. The summed E-state index contributed by atoms with van der Waals surface area (Å²) in [5.41, 5.74) is 0. The molecule has 3 N–H and O–H groups in total. The van der Waals surface area contributed by atoms with Crippen molar-refractivity contribution in [3.63, 3.8) is 0 Å². The van der Waals surface area contributed by atoms with Gasteiger partial charge in [-0.05, 0) is 70.6 Å². The van der Waals surface area contributed by atoms with Crippen LogP contribution in [0.15, 0.2) is 48.6 Å². The minimum atomic E-state index is -0.870. The average molecular weight is 1010 g/mol. The Morgan fingerprint density at radius 1 is 0.319 bits per heavy atom. The number of amides is 1. The van der Waals surface area contributed by atoms with Crippen molar-refractivity contribution in [2.45, 2.75) is 373 Å². The van der Waals surface area contributed by atoms with E-state index < -0.39 is 12.1 Å². The minimum Gasteiger partial charge on any atom is -0.394 e. The number of aliphatic hydroxyl groups is 2. The number of hydrogen-bond donors (Lipinski definition) is 3. The largest absolute Gasteiger partial charge is 0.394 e. The molecule has 4 heteroatoms. The lowest BCUT2D eigenvalue weighted by Gasteiger charge is -2.19. The molecular weight excluding hydrogens is 879 g/mol. The molecule has 0 rings (SSSR count). The van der Waals surface area contributed by atoms with Gasteiger partial charge in [-0.2, -0.15) is 0 Å². The Morgan fingerprint density at radius 3 is 0.806 bits per heavy atom. The number of hydrogen-bond acceptors (Lipinski definition) is 3. The summed E-state index contributed by atoms with van der Waals surface area (Å²) in [6.07, 6.45) is 89.1. The molecule has 0 bridgehead atoms. The minimum absolute atomic E-state index is 0.0718. The second kappa shape index (κ2) is 63.6. The predicted molar refractivity (Wildman–Crippen MR) is 322 cm³/mol. The second-order valence-corrected chi connectivity index (χ2v) is 22.5. The average Bonchev–Trinajstić information content (AvgIpc) is 3.39. The van der Waals surface area contributed by atoms with E-state index in [4.69, 9.17) is 0 Å². The predicted octanol–water partition coefficient (Wildman–Crippen LogP) is 22.2. The highest BCUT2D eigenvalue weighted by Crippen LogP contribution is 2.18. The van der Waals surface area contributed by atoms with Crippen LogP contribution in [0.4, 0.5) is 0 Å². The first-order chi connectivity index (χ1) is 35.7. The van der Waals surface area contributed by atoms with E-state index in [0.717, 1.165) is 38.5 Å². The quantitative estimate of drug-likeness (QED) is 0.0420. The number of rotatable bonds is 61. The van der Waals surface area contributed by atoms with E-state index in [1.54, 1.807) is 6.08 Å². The van der Waals surface area contributed by atoms with Crippen molar-refractivity contribution < 1.29 is 15.0 Å². The molecule has 72 heavy (non-hydrogen) atoms. The standard InChI is InChI=1S/C68H129NO3/c1-3-5-7-9-11-13-15-17-19-21-23-24-25-26-27-28-29-30-31-32-33-34-35-36-37-38-39-40-41-42-43-44-46-48-50-52-54-56-58-60-62-64-68(72)69-66(65-70)67(71)63-61-59-57-55-53-51-49-47-45-22-20-18-16-14-12-10-8-6-4-2/h21,23,45,47,53,55,61,63,66-67,70-71H,3-20,22,24-44,46,48-52,54,56-60,62,64-65H2,1-2H3,(H,69,72)/b23-21-,47-45+,55-53+,63-61+. The molecule has 4 nitrogen and oxygen atoms in total. The van der Waals surface area contributed by atoms with Crippen LogP contribution in [0.2, 0.25) is 0 Å². The van der Waals surface area contributed by atoms with E-state index in [-0.39, 0.29) is 12.5 Å². The van der Waals surface area contributed by atoms with Crippen molar-refractivity contribution in [3.8, 4) is 0 Å². The molecule has 424 valence electrons. The summed E-state index contributed by atoms with van der Waals surface area (Å²) in [4.78, 5) is 12.5. The van der Waals surface area contributed by atoms with E-state index in [1.165, 1.54) is 302 Å². The van der Waals surface area contributed by atoms with E-state index in [0.29, 0.717) is 6.42 Å². The Bertz CT molecular complexity index is 1140. The molecule has 0 fully saturated rings. The van der Waals surface area contributed by atoms with Crippen molar-refractivity contribution in [1.82, 2.24) is 5.32 Å². The number of carbonyl (C=O) groups excluding carboxylic acids is 1. The molecule has 0 aliphatic rings. The lowest BCUT2D eigenvalue weighted by molar-refractivity contribution is -0.123. The van der Waals surface area contributed by atoms with Gasteiger partial charge in [-0.15, -0.1) is 0 Å². The fraction of sp³-hybridized carbons (Fsp3) is 0.868. The summed E-state index contributed by atoms with van der Waals surface area (Å²) in [7, 11) is 0. The maximum atomic E-state index is 12.5. The molecule has 0 aliphatic carbocycles. The summed E-state index contributed by atoms with van der Waals surface area (Å²) in [6, 6.07) is -0.645. The number of aliphatic hydroxyl groups excluding tert-OH is 2. The van der Waals surface area contributed by atoms with Crippen LogP contribution in [-0.2, 0) is 4.79 Å². The number of nitrogens with one attached hydrogen (secondary N) is 1. The summed E-state index contributed by atoms with van der Waals surface area (Å²) >= 11 is 0. The summed E-state index contributed by atoms with van der Waals surface area (Å²) in [5.74, 6) is -0.0718. The molecule has 0 aliphatic heterocycles. The van der Waals surface area contributed by atoms with Crippen molar-refractivity contribution in [1.29, 1.82) is 0 Å². The monoisotopic (exact) mass is 1010 g/mol. The van der Waals surface area contributed by atoms with Crippen LogP contribution < -0.4 is 5.32 Å². The third-order valence-corrected chi connectivity index (χ3v) is 15.3. The van der Waals surface area contributed by atoms with Gasteiger partial charge in [-0.25, -0.2) is 0 Å². The molecule has 0 aromatic heterocycles. The summed E-state index contributed by atoms with van der Waals surface area (Å²) < 4.78 is 0. The first kappa shape index (κ1) is 70.3. The van der Waals surface area contributed by atoms with Crippen LogP contribution in [0.1, 0.15) is 361 Å². The van der Waals surface area contributed by atoms with E-state index >= 15 is 0 Å². The normalized spacial score (nSPS) is 13.0. The Balaban J connectivity index is 3.41. The van der Waals surface area contributed by atoms with Gasteiger partial charge in [0.05, 0.1) is 18.8 Å². The van der Waals surface area contributed by atoms with Crippen LogP contribution in [0.25, 0.3) is 0 Å². The molecule has 0 aromatic rings. The molecule has 0 spiro atoms. The maximum absolute atomic E-state index is 12.5. The Labute approximate surface area is 452 Å². The zero-order valence-corrected chi connectivity index (χ0v) is 49.0. The highest BCUT2D eigenvalue weighted by Gasteiger charge is 2.18. The van der Waals surface area contributed by atoms with Gasteiger partial charge < -0.3 is 15.5 Å². The fourth-order valence-corrected chi connectivity index (χ4v) is 10.3. The van der Waals surface area contributed by atoms with Gasteiger partial charge in [0.25, 0.3) is 0 Å². The van der Waals surface area contributed by atoms with E-state index in [2.05, 4.69) is 55.6 Å². The smallest absolute Gasteiger partial charge is 0.220 e. The lowest BCUT2D eigenvalue weighted by Crippen LogP contribution is -2.45. The molecule has 0 saturated carbocycles. The molecule has 2 atom stereocenters. The van der Waals surface area contributed by atoms with Crippen molar-refractivity contribution in [2.75, 3.05) is 6.61 Å². The molecule has 0 aromatic carbocycles. The summed E-state index contributed by atoms with van der Waals surface area (Å²) in [5, 5.41) is 23.2. The first-order valence-corrected chi connectivity index (χ1v) is 32.9. The lowest BCUT2D eigenvalue weighted by atomic mass is 10.0. The third-order valence-electron chi connectivity index (χ3n) is 15.3. The van der Waals surface area contributed by atoms with Crippen LogP contribution in [0, 0.1) is 0 Å². The zero-order chi connectivity index (χ0) is 52.0. The van der Waals surface area contributed by atoms with Crippen LogP contribution in [0.3, 0.4) is 0 Å². The number of unbranched alkanes of at least 4 members (excludes halogenated alkanes) is 48. The second-order valence-electron chi connectivity index (χ2n) is 22.5. The number of allylic oxidation sites excluding steroid dienone is 7. The van der Waals surface area contributed by atoms with Crippen molar-refractivity contribution in [2.24, 2.45) is 0 Å². The summed E-state index contributed by atoms with van der Waals surface area (Å²) in [6.45, 7) is 4.32. The molecule has 0 heterocycles. The number of carbonyl (C=O) groups is 1. The van der Waals surface area contributed by atoms with Crippen molar-refractivity contribution in [3.05, 3.63) is 48.6 Å². The van der Waals surface area contributed by atoms with Gasteiger partial charge in [-0.1, -0.05) is 332 Å². The molecule has 2 unspecified atom stereocenters. The Morgan fingerprint density at radius 2 is 0.542 bits per heavy atom. The van der Waals surface area contributed by atoms with Gasteiger partial charge in [0.15, 0.2) is 0 Å². The molecule has 1 amide bonds. The van der Waals surface area contributed by atoms with Gasteiger partial charge >= 0.3 is 0 Å². The van der Waals surface area contributed by atoms with Crippen LogP contribution in [-0.4, -0.2) is 34.9 Å². The Hall–Kier alpha value is -1.65. The van der Waals surface area contributed by atoms with Gasteiger partial charge in [0, 0.05) is 6.42 Å². The SMILES string of the molecule is CCCCCCCCCC/C=C\CCCCCCCCCCCCCCCCCCCCCCCCCCCCCCCC(=O)NC(CO)C(O)/C=C/CC/C=C/CC/C=C/CCCCCCCCCCC. The van der Waals surface area contributed by atoms with Gasteiger partial charge in [0.2, 0.25) is 5.91 Å².